The van der Waals surface area contributed by atoms with E-state index in [-0.39, 0.29) is 12.5 Å². The highest BCUT2D eigenvalue weighted by Crippen LogP contribution is 2.35. The first-order chi connectivity index (χ1) is 12.9. The van der Waals surface area contributed by atoms with E-state index in [4.69, 9.17) is 39.5 Å². The number of pyridine rings is 1. The van der Waals surface area contributed by atoms with E-state index in [1.54, 1.807) is 35.5 Å². The SMILES string of the molecule is CCCCCN(CCOc1c(Cl)cc(Cl)cc1Cl)C(=O)c1cncc(Br)c1. The Balaban J connectivity index is 2.05. The van der Waals surface area contributed by atoms with Crippen LogP contribution < -0.4 is 4.74 Å². The maximum absolute atomic E-state index is 12.9. The van der Waals surface area contributed by atoms with Crippen LogP contribution in [0.4, 0.5) is 0 Å². The molecule has 0 N–H and O–H groups in total. The molecule has 1 heterocycles. The Labute approximate surface area is 182 Å². The van der Waals surface area contributed by atoms with E-state index in [2.05, 4.69) is 27.8 Å². The van der Waals surface area contributed by atoms with E-state index in [0.29, 0.717) is 39.5 Å². The van der Waals surface area contributed by atoms with Gasteiger partial charge in [0.25, 0.3) is 5.91 Å². The monoisotopic (exact) mass is 492 g/mol. The quantitative estimate of drug-likeness (QED) is 0.373. The molecule has 0 aliphatic rings. The van der Waals surface area contributed by atoms with E-state index in [1.165, 1.54) is 0 Å². The van der Waals surface area contributed by atoms with Gasteiger partial charge in [0.1, 0.15) is 6.61 Å². The number of hydrogen-bond donors (Lipinski definition) is 0. The molecule has 27 heavy (non-hydrogen) atoms. The van der Waals surface area contributed by atoms with Crippen LogP contribution in [0.15, 0.2) is 35.1 Å². The molecule has 0 atom stereocenters. The Hall–Kier alpha value is -1.01. The lowest BCUT2D eigenvalue weighted by atomic mass is 10.2. The van der Waals surface area contributed by atoms with Gasteiger partial charge in [0.2, 0.25) is 0 Å². The summed E-state index contributed by atoms with van der Waals surface area (Å²) < 4.78 is 6.49. The third kappa shape index (κ3) is 6.83. The zero-order valence-electron chi connectivity index (χ0n) is 14.9. The normalized spacial score (nSPS) is 10.7. The minimum Gasteiger partial charge on any atom is -0.489 e. The number of amides is 1. The van der Waals surface area contributed by atoms with Crippen LogP contribution in [0.2, 0.25) is 15.1 Å². The Bertz CT molecular complexity index is 766. The zero-order chi connectivity index (χ0) is 19.8. The highest BCUT2D eigenvalue weighted by molar-refractivity contribution is 9.10. The number of ether oxygens (including phenoxy) is 1. The van der Waals surface area contributed by atoms with Crippen molar-refractivity contribution < 1.29 is 9.53 Å². The van der Waals surface area contributed by atoms with Crippen LogP contribution >= 0.6 is 50.7 Å². The third-order valence-electron chi connectivity index (χ3n) is 3.84. The van der Waals surface area contributed by atoms with E-state index < -0.39 is 0 Å². The molecule has 2 rings (SSSR count). The first-order valence-corrected chi connectivity index (χ1v) is 10.5. The molecule has 4 nitrogen and oxygen atoms in total. The molecule has 0 aliphatic carbocycles. The smallest absolute Gasteiger partial charge is 0.255 e. The molecule has 0 saturated heterocycles. The average Bonchev–Trinajstić information content (AvgIpc) is 2.62. The topological polar surface area (TPSA) is 42.4 Å². The number of nitrogens with zero attached hydrogens (tertiary/aromatic N) is 2. The van der Waals surface area contributed by atoms with Crippen LogP contribution in [-0.4, -0.2) is 35.5 Å². The fraction of sp³-hybridized carbons (Fsp3) is 0.368. The van der Waals surface area contributed by atoms with Gasteiger partial charge in [0.15, 0.2) is 5.75 Å². The van der Waals surface area contributed by atoms with Gasteiger partial charge < -0.3 is 9.64 Å². The second kappa shape index (κ2) is 11.1. The summed E-state index contributed by atoms with van der Waals surface area (Å²) in [6, 6.07) is 4.90. The Morgan fingerprint density at radius 2 is 1.81 bits per heavy atom. The summed E-state index contributed by atoms with van der Waals surface area (Å²) in [4.78, 5) is 18.7. The molecule has 0 spiro atoms. The number of hydrogen-bond acceptors (Lipinski definition) is 3. The van der Waals surface area contributed by atoms with Crippen molar-refractivity contribution in [3.63, 3.8) is 0 Å². The number of benzene rings is 1. The van der Waals surface area contributed by atoms with Gasteiger partial charge in [-0.15, -0.1) is 0 Å². The lowest BCUT2D eigenvalue weighted by Crippen LogP contribution is -2.35. The molecule has 0 fully saturated rings. The minimum absolute atomic E-state index is 0.0863. The summed E-state index contributed by atoms with van der Waals surface area (Å²) in [7, 11) is 0. The van der Waals surface area contributed by atoms with Crippen LogP contribution in [0.1, 0.15) is 36.5 Å². The number of halogens is 4. The largest absolute Gasteiger partial charge is 0.489 e. The van der Waals surface area contributed by atoms with Crippen molar-refractivity contribution in [3.8, 4) is 5.75 Å². The first kappa shape index (κ1) is 22.3. The number of unbranched alkanes of at least 4 members (excludes halogenated alkanes) is 2. The molecule has 2 aromatic rings. The second-order valence-corrected chi connectivity index (χ2v) is 8.10. The van der Waals surface area contributed by atoms with Gasteiger partial charge in [-0.05, 0) is 40.5 Å². The summed E-state index contributed by atoms with van der Waals surface area (Å²) in [5.41, 5.74) is 0.531. The van der Waals surface area contributed by atoms with Crippen molar-refractivity contribution >= 4 is 56.6 Å². The first-order valence-electron chi connectivity index (χ1n) is 8.59. The lowest BCUT2D eigenvalue weighted by Gasteiger charge is -2.23. The molecule has 1 aromatic heterocycles. The fourth-order valence-corrected chi connectivity index (χ4v) is 3.79. The number of rotatable bonds is 9. The molecule has 0 saturated carbocycles. The van der Waals surface area contributed by atoms with E-state index in [1.807, 2.05) is 0 Å². The summed E-state index contributed by atoms with van der Waals surface area (Å²) in [5.74, 6) is 0.282. The van der Waals surface area contributed by atoms with Crippen LogP contribution in [-0.2, 0) is 0 Å². The summed E-state index contributed by atoms with van der Waals surface area (Å²) in [6.45, 7) is 3.44. The highest BCUT2D eigenvalue weighted by atomic mass is 79.9. The number of aromatic nitrogens is 1. The molecule has 146 valence electrons. The molecule has 8 heteroatoms. The van der Waals surface area contributed by atoms with Crippen LogP contribution in [0, 0.1) is 0 Å². The van der Waals surface area contributed by atoms with Crippen LogP contribution in [0.3, 0.4) is 0 Å². The Morgan fingerprint density at radius 1 is 1.11 bits per heavy atom. The molecule has 1 aromatic carbocycles. The minimum atomic E-state index is -0.0863. The predicted octanol–water partition coefficient (Wildman–Crippen LogP) is 6.52. The van der Waals surface area contributed by atoms with E-state index in [0.717, 1.165) is 23.7 Å². The number of carbonyl (C=O) groups is 1. The average molecular weight is 495 g/mol. The Morgan fingerprint density at radius 3 is 2.44 bits per heavy atom. The molecule has 0 bridgehead atoms. The molecule has 1 amide bonds. The summed E-state index contributed by atoms with van der Waals surface area (Å²) in [5, 5.41) is 1.12. The van der Waals surface area contributed by atoms with Crippen molar-refractivity contribution in [2.45, 2.75) is 26.2 Å². The van der Waals surface area contributed by atoms with Gasteiger partial charge in [0, 0.05) is 28.4 Å². The van der Waals surface area contributed by atoms with Gasteiger partial charge in [-0.25, -0.2) is 0 Å². The second-order valence-electron chi connectivity index (χ2n) is 5.94. The number of carbonyl (C=O) groups excluding carboxylic acids is 1. The van der Waals surface area contributed by atoms with Crippen molar-refractivity contribution in [2.24, 2.45) is 0 Å². The van der Waals surface area contributed by atoms with Crippen molar-refractivity contribution in [3.05, 3.63) is 55.7 Å². The maximum atomic E-state index is 12.9. The zero-order valence-corrected chi connectivity index (χ0v) is 18.7. The highest BCUT2D eigenvalue weighted by Gasteiger charge is 2.17. The molecular weight excluding hydrogens is 474 g/mol. The van der Waals surface area contributed by atoms with Crippen molar-refractivity contribution in [2.75, 3.05) is 19.7 Å². The van der Waals surface area contributed by atoms with Gasteiger partial charge in [0.05, 0.1) is 22.2 Å². The van der Waals surface area contributed by atoms with Crippen LogP contribution in [0.25, 0.3) is 0 Å². The van der Waals surface area contributed by atoms with Crippen molar-refractivity contribution in [1.29, 1.82) is 0 Å². The Kier molecular flexibility index (Phi) is 9.16. The van der Waals surface area contributed by atoms with E-state index >= 15 is 0 Å². The van der Waals surface area contributed by atoms with E-state index in [9.17, 15) is 4.79 Å². The molecular formula is C19H20BrCl3N2O2. The van der Waals surface area contributed by atoms with Gasteiger partial charge in [-0.2, -0.15) is 0 Å². The lowest BCUT2D eigenvalue weighted by molar-refractivity contribution is 0.0726. The van der Waals surface area contributed by atoms with Crippen LogP contribution in [0.5, 0.6) is 5.75 Å². The van der Waals surface area contributed by atoms with Gasteiger partial charge in [-0.1, -0.05) is 54.6 Å². The predicted molar refractivity (Wildman–Crippen MR) is 114 cm³/mol. The summed E-state index contributed by atoms with van der Waals surface area (Å²) in [6.07, 6.45) is 6.26. The summed E-state index contributed by atoms with van der Waals surface area (Å²) >= 11 is 21.5. The molecule has 0 radical (unpaired) electrons. The van der Waals surface area contributed by atoms with Gasteiger partial charge in [-0.3, -0.25) is 9.78 Å². The maximum Gasteiger partial charge on any atom is 0.255 e. The molecule has 0 aliphatic heterocycles. The fourth-order valence-electron chi connectivity index (χ4n) is 2.50. The standard InChI is InChI=1S/C19H20BrCl3N2O2/c1-2-3-4-5-25(19(26)13-8-14(20)12-24-11-13)6-7-27-18-16(22)9-15(21)10-17(18)23/h8-12H,2-7H2,1H3. The molecule has 0 unspecified atom stereocenters. The van der Waals surface area contributed by atoms with Crippen molar-refractivity contribution in [1.82, 2.24) is 9.88 Å². The third-order valence-corrected chi connectivity index (χ3v) is 5.05. The van der Waals surface area contributed by atoms with Gasteiger partial charge >= 0.3 is 0 Å².